The molecule has 1 N–H and O–H groups in total. The van der Waals surface area contributed by atoms with Gasteiger partial charge in [0.15, 0.2) is 11.5 Å². The topological polar surface area (TPSA) is 82.8 Å². The zero-order chi connectivity index (χ0) is 14.5. The Kier molecular flexibility index (Phi) is 4.21. The van der Waals surface area contributed by atoms with Gasteiger partial charge in [0.05, 0.1) is 26.9 Å². The molecule has 0 saturated carbocycles. The summed E-state index contributed by atoms with van der Waals surface area (Å²) in [6.07, 6.45) is 0. The van der Waals surface area contributed by atoms with Crippen LogP contribution < -0.4 is 15.0 Å². The third kappa shape index (κ3) is 2.72. The summed E-state index contributed by atoms with van der Waals surface area (Å²) in [5, 5.41) is 3.68. The first-order valence-electron chi connectivity index (χ1n) is 5.72. The lowest BCUT2D eigenvalue weighted by Crippen LogP contribution is -2.21. The SMILES string of the molecule is CONC(=O)c1cc(-c2cc(OC)ccc2OC)on1. The minimum atomic E-state index is -0.496. The van der Waals surface area contributed by atoms with Gasteiger partial charge in [-0.05, 0) is 18.2 Å². The average Bonchev–Trinajstić information content (AvgIpc) is 2.96. The number of hydrogen-bond donors (Lipinski definition) is 1. The van der Waals surface area contributed by atoms with Crippen molar-refractivity contribution in [1.29, 1.82) is 0 Å². The van der Waals surface area contributed by atoms with E-state index < -0.39 is 5.91 Å². The maximum absolute atomic E-state index is 11.6. The van der Waals surface area contributed by atoms with Gasteiger partial charge >= 0.3 is 0 Å². The lowest BCUT2D eigenvalue weighted by Gasteiger charge is -2.07. The highest BCUT2D eigenvalue weighted by Crippen LogP contribution is 2.33. The van der Waals surface area contributed by atoms with E-state index in [1.807, 2.05) is 0 Å². The Morgan fingerprint density at radius 1 is 1.20 bits per heavy atom. The van der Waals surface area contributed by atoms with Crippen LogP contribution in [0.4, 0.5) is 0 Å². The van der Waals surface area contributed by atoms with Crippen molar-refractivity contribution in [3.63, 3.8) is 0 Å². The number of carbonyl (C=O) groups is 1. The normalized spacial score (nSPS) is 10.2. The van der Waals surface area contributed by atoms with E-state index in [0.29, 0.717) is 22.8 Å². The van der Waals surface area contributed by atoms with Crippen LogP contribution in [0, 0.1) is 0 Å². The summed E-state index contributed by atoms with van der Waals surface area (Å²) in [4.78, 5) is 16.1. The van der Waals surface area contributed by atoms with Crippen molar-refractivity contribution in [2.45, 2.75) is 0 Å². The Hall–Kier alpha value is -2.54. The molecule has 0 spiro atoms. The largest absolute Gasteiger partial charge is 0.497 e. The number of ether oxygens (including phenoxy) is 2. The van der Waals surface area contributed by atoms with Crippen molar-refractivity contribution < 1.29 is 23.6 Å². The first kappa shape index (κ1) is 13.9. The summed E-state index contributed by atoms with van der Waals surface area (Å²) in [7, 11) is 4.44. The summed E-state index contributed by atoms with van der Waals surface area (Å²) in [6.45, 7) is 0. The van der Waals surface area contributed by atoms with Gasteiger partial charge in [0, 0.05) is 6.07 Å². The lowest BCUT2D eigenvalue weighted by molar-refractivity contribution is 0.0528. The van der Waals surface area contributed by atoms with Gasteiger partial charge in [-0.3, -0.25) is 9.63 Å². The predicted molar refractivity (Wildman–Crippen MR) is 69.5 cm³/mol. The molecule has 0 aliphatic rings. The molecule has 1 aromatic heterocycles. The Balaban J connectivity index is 2.38. The van der Waals surface area contributed by atoms with Crippen molar-refractivity contribution in [2.75, 3.05) is 21.3 Å². The molecule has 0 saturated heterocycles. The molecule has 0 atom stereocenters. The van der Waals surface area contributed by atoms with Gasteiger partial charge in [-0.2, -0.15) is 0 Å². The molecule has 0 unspecified atom stereocenters. The zero-order valence-corrected chi connectivity index (χ0v) is 11.3. The smallest absolute Gasteiger partial charge is 0.297 e. The number of carbonyl (C=O) groups excluding carboxylic acids is 1. The molecule has 7 heteroatoms. The molecule has 2 aromatic rings. The van der Waals surface area contributed by atoms with E-state index in [2.05, 4.69) is 15.5 Å². The third-order valence-corrected chi connectivity index (χ3v) is 2.61. The number of benzene rings is 1. The molecule has 1 amide bonds. The number of rotatable bonds is 5. The number of hydroxylamine groups is 1. The Morgan fingerprint density at radius 2 is 2.00 bits per heavy atom. The van der Waals surface area contributed by atoms with Crippen LogP contribution in [-0.4, -0.2) is 32.4 Å². The van der Waals surface area contributed by atoms with Crippen molar-refractivity contribution in [1.82, 2.24) is 10.6 Å². The monoisotopic (exact) mass is 278 g/mol. The molecule has 0 fully saturated rings. The maximum Gasteiger partial charge on any atom is 0.297 e. The fraction of sp³-hybridized carbons (Fsp3) is 0.231. The first-order chi connectivity index (χ1) is 9.69. The van der Waals surface area contributed by atoms with Crippen LogP contribution in [0.25, 0.3) is 11.3 Å². The van der Waals surface area contributed by atoms with E-state index in [-0.39, 0.29) is 5.69 Å². The molecular weight excluding hydrogens is 264 g/mol. The number of nitrogens with one attached hydrogen (secondary N) is 1. The van der Waals surface area contributed by atoms with E-state index in [0.717, 1.165) is 0 Å². The number of amides is 1. The van der Waals surface area contributed by atoms with Crippen LogP contribution in [0.15, 0.2) is 28.8 Å². The lowest BCUT2D eigenvalue weighted by atomic mass is 10.1. The maximum atomic E-state index is 11.6. The molecule has 0 aliphatic heterocycles. The van der Waals surface area contributed by atoms with Gasteiger partial charge in [0.25, 0.3) is 5.91 Å². The Morgan fingerprint density at radius 3 is 2.65 bits per heavy atom. The zero-order valence-electron chi connectivity index (χ0n) is 11.3. The highest BCUT2D eigenvalue weighted by molar-refractivity contribution is 5.92. The van der Waals surface area contributed by atoms with Crippen LogP contribution in [-0.2, 0) is 4.84 Å². The summed E-state index contributed by atoms with van der Waals surface area (Å²) in [5.74, 6) is 1.12. The third-order valence-electron chi connectivity index (χ3n) is 2.61. The van der Waals surface area contributed by atoms with E-state index in [9.17, 15) is 4.79 Å². The first-order valence-corrected chi connectivity index (χ1v) is 5.72. The molecular formula is C13H14N2O5. The second-order valence-corrected chi connectivity index (χ2v) is 3.78. The molecule has 0 radical (unpaired) electrons. The van der Waals surface area contributed by atoms with Crippen molar-refractivity contribution in [3.8, 4) is 22.8 Å². The fourth-order valence-electron chi connectivity index (χ4n) is 1.66. The quantitative estimate of drug-likeness (QED) is 0.837. The molecule has 1 aromatic carbocycles. The average molecular weight is 278 g/mol. The molecule has 0 bridgehead atoms. The Bertz CT molecular complexity index is 609. The summed E-state index contributed by atoms with van der Waals surface area (Å²) >= 11 is 0. The van der Waals surface area contributed by atoms with Gasteiger partial charge in [0.1, 0.15) is 11.5 Å². The highest BCUT2D eigenvalue weighted by Gasteiger charge is 2.17. The molecule has 20 heavy (non-hydrogen) atoms. The molecule has 0 aliphatic carbocycles. The minimum absolute atomic E-state index is 0.103. The predicted octanol–water partition coefficient (Wildman–Crippen LogP) is 1.65. The van der Waals surface area contributed by atoms with Crippen LogP contribution in [0.3, 0.4) is 0 Å². The second-order valence-electron chi connectivity index (χ2n) is 3.78. The van der Waals surface area contributed by atoms with Gasteiger partial charge in [-0.15, -0.1) is 0 Å². The van der Waals surface area contributed by atoms with Gasteiger partial charge in [-0.1, -0.05) is 5.16 Å². The highest BCUT2D eigenvalue weighted by atomic mass is 16.6. The van der Waals surface area contributed by atoms with Gasteiger partial charge < -0.3 is 14.0 Å². The Labute approximate surface area is 115 Å². The molecule has 2 rings (SSSR count). The summed E-state index contributed by atoms with van der Waals surface area (Å²) in [5.41, 5.74) is 2.90. The van der Waals surface area contributed by atoms with E-state index in [1.54, 1.807) is 32.4 Å². The van der Waals surface area contributed by atoms with E-state index >= 15 is 0 Å². The number of nitrogens with zero attached hydrogens (tertiary/aromatic N) is 1. The standard InChI is InChI=1S/C13H14N2O5/c1-17-8-4-5-11(18-2)9(6-8)12-7-10(14-20-12)13(16)15-19-3/h4-7H,1-3H3,(H,15,16). The summed E-state index contributed by atoms with van der Waals surface area (Å²) < 4.78 is 15.6. The van der Waals surface area contributed by atoms with E-state index in [4.69, 9.17) is 14.0 Å². The van der Waals surface area contributed by atoms with Crippen LogP contribution in [0.5, 0.6) is 11.5 Å². The molecule has 7 nitrogen and oxygen atoms in total. The van der Waals surface area contributed by atoms with Gasteiger partial charge in [0.2, 0.25) is 0 Å². The van der Waals surface area contributed by atoms with Crippen LogP contribution in [0.2, 0.25) is 0 Å². The minimum Gasteiger partial charge on any atom is -0.497 e. The molecule has 1 heterocycles. The summed E-state index contributed by atoms with van der Waals surface area (Å²) in [6, 6.07) is 6.73. The van der Waals surface area contributed by atoms with Crippen LogP contribution in [0.1, 0.15) is 10.5 Å². The van der Waals surface area contributed by atoms with E-state index in [1.165, 1.54) is 13.2 Å². The number of aromatic nitrogens is 1. The van der Waals surface area contributed by atoms with Crippen LogP contribution >= 0.6 is 0 Å². The fourth-order valence-corrected chi connectivity index (χ4v) is 1.66. The number of methoxy groups -OCH3 is 2. The number of hydrogen-bond acceptors (Lipinski definition) is 6. The second kappa shape index (κ2) is 6.07. The van der Waals surface area contributed by atoms with Crippen molar-refractivity contribution in [3.05, 3.63) is 30.0 Å². The van der Waals surface area contributed by atoms with Crippen molar-refractivity contribution >= 4 is 5.91 Å². The van der Waals surface area contributed by atoms with Gasteiger partial charge in [-0.25, -0.2) is 5.48 Å². The molecule has 106 valence electrons. The van der Waals surface area contributed by atoms with Crippen molar-refractivity contribution in [2.24, 2.45) is 0 Å².